The van der Waals surface area contributed by atoms with E-state index in [4.69, 9.17) is 4.74 Å². The van der Waals surface area contributed by atoms with Crippen LogP contribution >= 0.6 is 0 Å². The second-order valence-electron chi connectivity index (χ2n) is 5.50. The van der Waals surface area contributed by atoms with Crippen LogP contribution in [0.3, 0.4) is 0 Å². The molecule has 0 saturated carbocycles. The predicted molar refractivity (Wildman–Crippen MR) is 87.7 cm³/mol. The maximum atomic E-state index is 11.2. The van der Waals surface area contributed by atoms with Crippen molar-refractivity contribution >= 4 is 9.84 Å². The molecule has 0 fully saturated rings. The van der Waals surface area contributed by atoms with Crippen LogP contribution < -0.4 is 10.1 Å². The molecule has 21 heavy (non-hydrogen) atoms. The smallest absolute Gasteiger partial charge is 0.147 e. The average molecular weight is 313 g/mol. The van der Waals surface area contributed by atoms with Crippen molar-refractivity contribution in [2.24, 2.45) is 5.92 Å². The monoisotopic (exact) mass is 313 g/mol. The first-order valence-corrected chi connectivity index (χ1v) is 9.52. The fourth-order valence-corrected chi connectivity index (χ4v) is 3.04. The lowest BCUT2D eigenvalue weighted by Crippen LogP contribution is -2.24. The Bertz CT molecular complexity index is 497. The predicted octanol–water partition coefficient (Wildman–Crippen LogP) is 2.29. The Morgan fingerprint density at radius 1 is 1.24 bits per heavy atom. The van der Waals surface area contributed by atoms with Crippen molar-refractivity contribution in [2.45, 2.75) is 26.2 Å². The highest BCUT2D eigenvalue weighted by atomic mass is 32.2. The minimum absolute atomic E-state index is 0.276. The van der Waals surface area contributed by atoms with E-state index in [0.29, 0.717) is 5.92 Å². The molecule has 1 rings (SSSR count). The first-order valence-electron chi connectivity index (χ1n) is 7.46. The zero-order chi connectivity index (χ0) is 15.7. The van der Waals surface area contributed by atoms with Gasteiger partial charge >= 0.3 is 0 Å². The van der Waals surface area contributed by atoms with Crippen LogP contribution in [-0.4, -0.2) is 40.6 Å². The van der Waals surface area contributed by atoms with Crippen molar-refractivity contribution < 1.29 is 13.2 Å². The Labute approximate surface area is 128 Å². The molecule has 0 spiro atoms. The fraction of sp³-hybridized carbons (Fsp3) is 0.625. The van der Waals surface area contributed by atoms with Gasteiger partial charge in [-0.05, 0) is 56.0 Å². The lowest BCUT2D eigenvalue weighted by molar-refractivity contribution is 0.414. The Kier molecular flexibility index (Phi) is 7.75. The third-order valence-electron chi connectivity index (χ3n) is 3.49. The number of ether oxygens (including phenoxy) is 1. The highest BCUT2D eigenvalue weighted by molar-refractivity contribution is 7.90. The summed E-state index contributed by atoms with van der Waals surface area (Å²) < 4.78 is 27.6. The summed E-state index contributed by atoms with van der Waals surface area (Å²) in [6.07, 6.45) is 3.91. The van der Waals surface area contributed by atoms with Crippen LogP contribution in [0.15, 0.2) is 24.3 Å². The van der Waals surface area contributed by atoms with Crippen molar-refractivity contribution in [2.75, 3.05) is 32.2 Å². The van der Waals surface area contributed by atoms with Crippen LogP contribution in [0.25, 0.3) is 0 Å². The number of hydrogen-bond acceptors (Lipinski definition) is 4. The van der Waals surface area contributed by atoms with Gasteiger partial charge in [0.25, 0.3) is 0 Å². The van der Waals surface area contributed by atoms with E-state index in [2.05, 4.69) is 24.4 Å². The van der Waals surface area contributed by atoms with Crippen LogP contribution in [0.1, 0.15) is 25.3 Å². The van der Waals surface area contributed by atoms with Crippen molar-refractivity contribution in [1.29, 1.82) is 0 Å². The molecule has 0 aliphatic rings. The van der Waals surface area contributed by atoms with Crippen LogP contribution in [0, 0.1) is 5.92 Å². The SMILES string of the molecule is CCNCC(CCCS(C)(=O)=O)Cc1ccc(OC)cc1. The number of methoxy groups -OCH3 is 1. The van der Waals surface area contributed by atoms with Gasteiger partial charge in [-0.1, -0.05) is 19.1 Å². The van der Waals surface area contributed by atoms with Gasteiger partial charge in [0.1, 0.15) is 15.6 Å². The Morgan fingerprint density at radius 2 is 1.90 bits per heavy atom. The molecule has 0 bridgehead atoms. The topological polar surface area (TPSA) is 55.4 Å². The molecule has 120 valence electrons. The molecule has 0 saturated heterocycles. The van der Waals surface area contributed by atoms with Gasteiger partial charge in [-0.25, -0.2) is 8.42 Å². The van der Waals surface area contributed by atoms with Gasteiger partial charge in [0, 0.05) is 12.0 Å². The number of sulfone groups is 1. The average Bonchev–Trinajstić information content (AvgIpc) is 2.44. The van der Waals surface area contributed by atoms with Crippen molar-refractivity contribution in [1.82, 2.24) is 5.32 Å². The Hall–Kier alpha value is -1.07. The highest BCUT2D eigenvalue weighted by Gasteiger charge is 2.11. The molecule has 0 radical (unpaired) electrons. The molecule has 1 aromatic rings. The second kappa shape index (κ2) is 9.05. The molecule has 0 aliphatic heterocycles. The molecule has 0 aliphatic carbocycles. The van der Waals surface area contributed by atoms with Gasteiger partial charge in [0.05, 0.1) is 7.11 Å². The molecule has 1 unspecified atom stereocenters. The third-order valence-corrected chi connectivity index (χ3v) is 4.52. The van der Waals surface area contributed by atoms with Crippen molar-refractivity contribution in [3.63, 3.8) is 0 Å². The Balaban J connectivity index is 2.55. The summed E-state index contributed by atoms with van der Waals surface area (Å²) >= 11 is 0. The first kappa shape index (κ1) is 18.0. The minimum atomic E-state index is -2.86. The summed E-state index contributed by atoms with van der Waals surface area (Å²) in [6.45, 7) is 3.94. The zero-order valence-electron chi connectivity index (χ0n) is 13.3. The van der Waals surface area contributed by atoms with Crippen LogP contribution in [0.5, 0.6) is 5.75 Å². The lowest BCUT2D eigenvalue weighted by atomic mass is 9.95. The van der Waals surface area contributed by atoms with Gasteiger partial charge in [-0.15, -0.1) is 0 Å². The maximum absolute atomic E-state index is 11.2. The summed E-state index contributed by atoms with van der Waals surface area (Å²) in [7, 11) is -1.20. The quantitative estimate of drug-likeness (QED) is 0.720. The van der Waals surface area contributed by atoms with E-state index in [1.165, 1.54) is 11.8 Å². The van der Waals surface area contributed by atoms with E-state index in [9.17, 15) is 8.42 Å². The van der Waals surface area contributed by atoms with Gasteiger partial charge in [-0.3, -0.25) is 0 Å². The number of benzene rings is 1. The molecule has 0 aromatic heterocycles. The molecule has 5 heteroatoms. The van der Waals surface area contributed by atoms with Crippen molar-refractivity contribution in [3.05, 3.63) is 29.8 Å². The lowest BCUT2D eigenvalue weighted by Gasteiger charge is -2.17. The van der Waals surface area contributed by atoms with Crippen molar-refractivity contribution in [3.8, 4) is 5.75 Å². The summed E-state index contributed by atoms with van der Waals surface area (Å²) in [6, 6.07) is 8.09. The molecule has 4 nitrogen and oxygen atoms in total. The molecular formula is C16H27NO3S. The third kappa shape index (κ3) is 8.07. The number of nitrogens with one attached hydrogen (secondary N) is 1. The highest BCUT2D eigenvalue weighted by Crippen LogP contribution is 2.17. The minimum Gasteiger partial charge on any atom is -0.497 e. The maximum Gasteiger partial charge on any atom is 0.147 e. The van der Waals surface area contributed by atoms with E-state index in [1.807, 2.05) is 12.1 Å². The van der Waals surface area contributed by atoms with Gasteiger partial charge in [-0.2, -0.15) is 0 Å². The standard InChI is InChI=1S/C16H27NO3S/c1-4-17-13-15(6-5-11-21(3,18)19)12-14-7-9-16(20-2)10-8-14/h7-10,15,17H,4-6,11-13H2,1-3H3. The summed E-state index contributed by atoms with van der Waals surface area (Å²) in [4.78, 5) is 0. The first-order chi connectivity index (χ1) is 9.94. The van der Waals surface area contributed by atoms with E-state index in [-0.39, 0.29) is 5.75 Å². The van der Waals surface area contributed by atoms with Crippen LogP contribution in [-0.2, 0) is 16.3 Å². The fourth-order valence-electron chi connectivity index (χ4n) is 2.35. The Morgan fingerprint density at radius 3 is 2.43 bits per heavy atom. The van der Waals surface area contributed by atoms with Gasteiger partial charge < -0.3 is 10.1 Å². The van der Waals surface area contributed by atoms with Crippen LogP contribution in [0.2, 0.25) is 0 Å². The number of rotatable bonds is 10. The van der Waals surface area contributed by atoms with E-state index >= 15 is 0 Å². The van der Waals surface area contributed by atoms with E-state index in [1.54, 1.807) is 7.11 Å². The number of hydrogen-bond donors (Lipinski definition) is 1. The van der Waals surface area contributed by atoms with E-state index < -0.39 is 9.84 Å². The van der Waals surface area contributed by atoms with Gasteiger partial charge in [0.15, 0.2) is 0 Å². The molecule has 0 amide bonds. The molecule has 0 heterocycles. The largest absolute Gasteiger partial charge is 0.497 e. The second-order valence-corrected chi connectivity index (χ2v) is 7.76. The molecule has 1 N–H and O–H groups in total. The summed E-state index contributed by atoms with van der Waals surface area (Å²) in [5.41, 5.74) is 1.26. The summed E-state index contributed by atoms with van der Waals surface area (Å²) in [5.74, 6) is 1.59. The normalized spacial score (nSPS) is 13.1. The zero-order valence-corrected chi connectivity index (χ0v) is 14.1. The molecular weight excluding hydrogens is 286 g/mol. The summed E-state index contributed by atoms with van der Waals surface area (Å²) in [5, 5.41) is 3.36. The van der Waals surface area contributed by atoms with E-state index in [0.717, 1.165) is 38.1 Å². The van der Waals surface area contributed by atoms with Crippen LogP contribution in [0.4, 0.5) is 0 Å². The molecule has 1 atom stereocenters. The molecule has 1 aromatic carbocycles. The van der Waals surface area contributed by atoms with Gasteiger partial charge in [0.2, 0.25) is 0 Å².